The fourth-order valence-corrected chi connectivity index (χ4v) is 2.65. The zero-order valence-electron chi connectivity index (χ0n) is 7.54. The molecule has 1 aliphatic rings. The lowest BCUT2D eigenvalue weighted by Crippen LogP contribution is -2.16. The van der Waals surface area contributed by atoms with Crippen LogP contribution < -0.4 is 0 Å². The van der Waals surface area contributed by atoms with E-state index in [0.717, 1.165) is 41.1 Å². The Labute approximate surface area is 99.5 Å². The first-order chi connectivity index (χ1) is 6.75. The van der Waals surface area contributed by atoms with Crippen LogP contribution in [-0.4, -0.2) is 23.2 Å². The smallest absolute Gasteiger partial charge is 0.134 e. The van der Waals surface area contributed by atoms with Gasteiger partial charge >= 0.3 is 0 Å². The molecule has 0 bridgehead atoms. The molecular weight excluding hydrogens is 312 g/mol. The topological polar surface area (TPSA) is 35.0 Å². The highest BCUT2D eigenvalue weighted by atomic mass is 79.9. The van der Waals surface area contributed by atoms with E-state index in [4.69, 9.17) is 4.74 Å². The highest BCUT2D eigenvalue weighted by molar-refractivity contribution is 9.11. The van der Waals surface area contributed by atoms with Crippen LogP contribution in [0.4, 0.5) is 0 Å². The summed E-state index contributed by atoms with van der Waals surface area (Å²) in [7, 11) is 0. The molecule has 3 nitrogen and oxygen atoms in total. The Kier molecular flexibility index (Phi) is 3.52. The maximum absolute atomic E-state index is 5.30. The van der Waals surface area contributed by atoms with E-state index in [1.165, 1.54) is 0 Å². The Morgan fingerprint density at radius 3 is 2.29 bits per heavy atom. The van der Waals surface area contributed by atoms with Gasteiger partial charge in [0.05, 0.1) is 0 Å². The van der Waals surface area contributed by atoms with Gasteiger partial charge in [-0.15, -0.1) is 0 Å². The van der Waals surface area contributed by atoms with Gasteiger partial charge in [0.2, 0.25) is 0 Å². The first kappa shape index (κ1) is 10.5. The van der Waals surface area contributed by atoms with Gasteiger partial charge < -0.3 is 4.74 Å². The van der Waals surface area contributed by atoms with Crippen LogP contribution in [0, 0.1) is 0 Å². The number of aromatic nitrogens is 2. The van der Waals surface area contributed by atoms with E-state index in [1.54, 1.807) is 0 Å². The SMILES string of the molecule is Brc1cc(Br)nc(C2CCOCC2)n1. The number of hydrogen-bond acceptors (Lipinski definition) is 3. The molecule has 1 saturated heterocycles. The van der Waals surface area contributed by atoms with Crippen molar-refractivity contribution in [2.45, 2.75) is 18.8 Å². The van der Waals surface area contributed by atoms with Crippen LogP contribution in [0.2, 0.25) is 0 Å². The van der Waals surface area contributed by atoms with Crippen molar-refractivity contribution >= 4 is 31.9 Å². The summed E-state index contributed by atoms with van der Waals surface area (Å²) in [6.07, 6.45) is 2.03. The van der Waals surface area contributed by atoms with E-state index in [0.29, 0.717) is 5.92 Å². The Morgan fingerprint density at radius 1 is 1.14 bits per heavy atom. The zero-order valence-corrected chi connectivity index (χ0v) is 10.7. The molecule has 1 aromatic rings. The summed E-state index contributed by atoms with van der Waals surface area (Å²) in [6, 6.07) is 1.85. The quantitative estimate of drug-likeness (QED) is 0.746. The van der Waals surface area contributed by atoms with Crippen LogP contribution in [0.1, 0.15) is 24.6 Å². The lowest BCUT2D eigenvalue weighted by atomic mass is 10.00. The number of rotatable bonds is 1. The van der Waals surface area contributed by atoms with Crippen LogP contribution in [0.15, 0.2) is 15.3 Å². The molecule has 2 heterocycles. The number of halogens is 2. The molecule has 0 spiro atoms. The van der Waals surface area contributed by atoms with Crippen LogP contribution >= 0.6 is 31.9 Å². The monoisotopic (exact) mass is 320 g/mol. The highest BCUT2D eigenvalue weighted by Gasteiger charge is 2.19. The fraction of sp³-hybridized carbons (Fsp3) is 0.556. The Morgan fingerprint density at radius 2 is 1.71 bits per heavy atom. The predicted molar refractivity (Wildman–Crippen MR) is 60.2 cm³/mol. The molecule has 0 N–H and O–H groups in total. The molecule has 2 rings (SSSR count). The minimum absolute atomic E-state index is 0.442. The van der Waals surface area contributed by atoms with Crippen molar-refractivity contribution < 1.29 is 4.74 Å². The summed E-state index contributed by atoms with van der Waals surface area (Å²) in [5, 5.41) is 0. The first-order valence-corrected chi connectivity index (χ1v) is 6.12. The van der Waals surface area contributed by atoms with E-state index < -0.39 is 0 Å². The van der Waals surface area contributed by atoms with Gasteiger partial charge in [-0.2, -0.15) is 0 Å². The first-order valence-electron chi connectivity index (χ1n) is 4.53. The molecule has 1 aromatic heterocycles. The molecule has 0 aromatic carbocycles. The third kappa shape index (κ3) is 2.52. The maximum Gasteiger partial charge on any atom is 0.134 e. The van der Waals surface area contributed by atoms with Gasteiger partial charge in [-0.3, -0.25) is 0 Å². The van der Waals surface area contributed by atoms with Crippen molar-refractivity contribution in [2.75, 3.05) is 13.2 Å². The van der Waals surface area contributed by atoms with Gasteiger partial charge in [0.25, 0.3) is 0 Å². The maximum atomic E-state index is 5.30. The lowest BCUT2D eigenvalue weighted by Gasteiger charge is -2.20. The summed E-state index contributed by atoms with van der Waals surface area (Å²) in [4.78, 5) is 8.76. The molecule has 1 aliphatic heterocycles. The van der Waals surface area contributed by atoms with Crippen molar-refractivity contribution in [1.29, 1.82) is 0 Å². The van der Waals surface area contributed by atoms with Gasteiger partial charge in [-0.1, -0.05) is 0 Å². The minimum Gasteiger partial charge on any atom is -0.381 e. The predicted octanol–water partition coefficient (Wildman–Crippen LogP) is 2.90. The molecule has 0 atom stereocenters. The molecule has 0 saturated carbocycles. The lowest BCUT2D eigenvalue weighted by molar-refractivity contribution is 0.0835. The van der Waals surface area contributed by atoms with Gasteiger partial charge in [0, 0.05) is 25.2 Å². The molecule has 1 fully saturated rings. The van der Waals surface area contributed by atoms with Crippen LogP contribution in [0.5, 0.6) is 0 Å². The molecule has 0 amide bonds. The van der Waals surface area contributed by atoms with Crippen molar-refractivity contribution in [3.63, 3.8) is 0 Å². The van der Waals surface area contributed by atoms with E-state index in [2.05, 4.69) is 41.8 Å². The fourth-order valence-electron chi connectivity index (χ4n) is 1.55. The zero-order chi connectivity index (χ0) is 9.97. The summed E-state index contributed by atoms with van der Waals surface area (Å²) >= 11 is 6.73. The molecular formula is C9H10Br2N2O. The second-order valence-corrected chi connectivity index (χ2v) is 4.88. The Bertz CT molecular complexity index is 306. The van der Waals surface area contributed by atoms with Crippen molar-refractivity contribution in [3.8, 4) is 0 Å². The average molecular weight is 322 g/mol. The molecule has 0 aliphatic carbocycles. The van der Waals surface area contributed by atoms with Crippen LogP contribution in [0.3, 0.4) is 0 Å². The summed E-state index contributed by atoms with van der Waals surface area (Å²) in [5.41, 5.74) is 0. The van der Waals surface area contributed by atoms with Crippen LogP contribution in [-0.2, 0) is 4.74 Å². The van der Waals surface area contributed by atoms with E-state index in [9.17, 15) is 0 Å². The van der Waals surface area contributed by atoms with Crippen LogP contribution in [0.25, 0.3) is 0 Å². The standard InChI is InChI=1S/C9H10Br2N2O/c10-7-5-8(11)13-9(12-7)6-1-3-14-4-2-6/h5-6H,1-4H2. The van der Waals surface area contributed by atoms with E-state index >= 15 is 0 Å². The highest BCUT2D eigenvalue weighted by Crippen LogP contribution is 2.26. The minimum atomic E-state index is 0.442. The van der Waals surface area contributed by atoms with Crippen molar-refractivity contribution in [1.82, 2.24) is 9.97 Å². The van der Waals surface area contributed by atoms with E-state index in [-0.39, 0.29) is 0 Å². The molecule has 0 radical (unpaired) electrons. The summed E-state index contributed by atoms with van der Waals surface area (Å²) in [6.45, 7) is 1.64. The molecule has 14 heavy (non-hydrogen) atoms. The van der Waals surface area contributed by atoms with E-state index in [1.807, 2.05) is 6.07 Å². The summed E-state index contributed by atoms with van der Waals surface area (Å²) in [5.74, 6) is 1.35. The average Bonchev–Trinajstić information content (AvgIpc) is 2.18. The van der Waals surface area contributed by atoms with Gasteiger partial charge in [-0.05, 0) is 44.7 Å². The molecule has 0 unspecified atom stereocenters. The number of hydrogen-bond donors (Lipinski definition) is 0. The third-order valence-electron chi connectivity index (χ3n) is 2.27. The third-order valence-corrected chi connectivity index (χ3v) is 3.08. The second kappa shape index (κ2) is 4.68. The second-order valence-electron chi connectivity index (χ2n) is 3.26. The Hall–Kier alpha value is -0.0000000000000000833. The van der Waals surface area contributed by atoms with Gasteiger partial charge in [0.1, 0.15) is 15.0 Å². The normalized spacial score (nSPS) is 18.4. The van der Waals surface area contributed by atoms with Crippen molar-refractivity contribution in [3.05, 3.63) is 21.1 Å². The number of nitrogens with zero attached hydrogens (tertiary/aromatic N) is 2. The Balaban J connectivity index is 2.21. The molecule has 5 heteroatoms. The van der Waals surface area contributed by atoms with Gasteiger partial charge in [0.15, 0.2) is 0 Å². The largest absolute Gasteiger partial charge is 0.381 e. The van der Waals surface area contributed by atoms with Gasteiger partial charge in [-0.25, -0.2) is 9.97 Å². The summed E-state index contributed by atoms with van der Waals surface area (Å²) < 4.78 is 6.97. The van der Waals surface area contributed by atoms with Crippen molar-refractivity contribution in [2.24, 2.45) is 0 Å². The molecule has 76 valence electrons. The number of ether oxygens (including phenoxy) is 1.